The van der Waals surface area contributed by atoms with E-state index < -0.39 is 6.29 Å². The molecule has 0 spiro atoms. The molecule has 0 heterocycles. The fourth-order valence-electron chi connectivity index (χ4n) is 1.65. The van der Waals surface area contributed by atoms with Crippen molar-refractivity contribution in [2.24, 2.45) is 0 Å². The molecule has 0 saturated carbocycles. The third-order valence-electron chi connectivity index (χ3n) is 2.86. The Kier molecular flexibility index (Phi) is 9.99. The van der Waals surface area contributed by atoms with Gasteiger partial charge in [-0.3, -0.25) is 0 Å². The molecule has 0 aromatic rings. The second-order valence-corrected chi connectivity index (χ2v) is 4.60. The van der Waals surface area contributed by atoms with E-state index in [1.807, 2.05) is 6.92 Å². The molecule has 3 atom stereocenters. The molecule has 3 unspecified atom stereocenters. The number of hydrogen-bond donors (Lipinski definition) is 2. The first kappa shape index (κ1) is 15.9. The highest BCUT2D eigenvalue weighted by Crippen LogP contribution is 2.04. The van der Waals surface area contributed by atoms with Crippen LogP contribution in [0.3, 0.4) is 0 Å². The average Bonchev–Trinajstić information content (AvgIpc) is 2.21. The zero-order chi connectivity index (χ0) is 12.4. The van der Waals surface area contributed by atoms with Crippen molar-refractivity contribution >= 4 is 0 Å². The molecule has 3 heteroatoms. The van der Waals surface area contributed by atoms with E-state index in [0.717, 1.165) is 6.54 Å². The van der Waals surface area contributed by atoms with Gasteiger partial charge in [-0.2, -0.15) is 0 Å². The SMILES string of the molecule is CCCCCCCNC(C)C(C)OC(C)O. The van der Waals surface area contributed by atoms with Crippen LogP contribution in [0.5, 0.6) is 0 Å². The van der Waals surface area contributed by atoms with E-state index in [1.54, 1.807) is 6.92 Å². The molecule has 2 N–H and O–H groups in total. The van der Waals surface area contributed by atoms with E-state index in [0.29, 0.717) is 6.04 Å². The number of aliphatic hydroxyl groups excluding tert-OH is 1. The Balaban J connectivity index is 3.38. The van der Waals surface area contributed by atoms with Crippen LogP contribution in [0, 0.1) is 0 Å². The minimum absolute atomic E-state index is 0.0515. The number of rotatable bonds is 10. The maximum Gasteiger partial charge on any atom is 0.152 e. The summed E-state index contributed by atoms with van der Waals surface area (Å²) in [6, 6.07) is 0.292. The van der Waals surface area contributed by atoms with Gasteiger partial charge in [0.1, 0.15) is 0 Å². The van der Waals surface area contributed by atoms with E-state index >= 15 is 0 Å². The molecule has 98 valence electrons. The predicted octanol–water partition coefficient (Wildman–Crippen LogP) is 2.68. The summed E-state index contributed by atoms with van der Waals surface area (Å²) in [6.45, 7) is 9.00. The maximum absolute atomic E-state index is 9.09. The first-order chi connectivity index (χ1) is 7.57. The van der Waals surface area contributed by atoms with Crippen LogP contribution in [0.4, 0.5) is 0 Å². The van der Waals surface area contributed by atoms with Gasteiger partial charge in [-0.15, -0.1) is 0 Å². The monoisotopic (exact) mass is 231 g/mol. The van der Waals surface area contributed by atoms with Crippen molar-refractivity contribution in [1.29, 1.82) is 0 Å². The van der Waals surface area contributed by atoms with Gasteiger partial charge in [0, 0.05) is 6.04 Å². The summed E-state index contributed by atoms with van der Waals surface area (Å²) < 4.78 is 5.30. The first-order valence-corrected chi connectivity index (χ1v) is 6.64. The van der Waals surface area contributed by atoms with Crippen molar-refractivity contribution in [3.05, 3.63) is 0 Å². The number of ether oxygens (including phenoxy) is 1. The van der Waals surface area contributed by atoms with Crippen LogP contribution >= 0.6 is 0 Å². The molecule has 0 saturated heterocycles. The second-order valence-electron chi connectivity index (χ2n) is 4.60. The highest BCUT2D eigenvalue weighted by Gasteiger charge is 2.13. The summed E-state index contributed by atoms with van der Waals surface area (Å²) in [5.74, 6) is 0. The predicted molar refractivity (Wildman–Crippen MR) is 68.5 cm³/mol. The molecular formula is C13H29NO2. The first-order valence-electron chi connectivity index (χ1n) is 6.64. The molecule has 3 nitrogen and oxygen atoms in total. The molecule has 0 aliphatic rings. The lowest BCUT2D eigenvalue weighted by Gasteiger charge is -2.23. The average molecular weight is 231 g/mol. The lowest BCUT2D eigenvalue weighted by atomic mass is 10.1. The number of unbranched alkanes of at least 4 members (excludes halogenated alkanes) is 4. The topological polar surface area (TPSA) is 41.5 Å². The van der Waals surface area contributed by atoms with Gasteiger partial charge in [-0.1, -0.05) is 32.6 Å². The standard InChI is InChI=1S/C13H29NO2/c1-5-6-7-8-9-10-14-11(2)12(3)16-13(4)15/h11-15H,5-10H2,1-4H3. The van der Waals surface area contributed by atoms with Gasteiger partial charge in [0.25, 0.3) is 0 Å². The molecule has 0 rings (SSSR count). The Bertz CT molecular complexity index is 151. The molecule has 0 aromatic carbocycles. The summed E-state index contributed by atoms with van der Waals surface area (Å²) in [7, 11) is 0. The van der Waals surface area contributed by atoms with Crippen molar-refractivity contribution in [1.82, 2.24) is 5.32 Å². The van der Waals surface area contributed by atoms with Crippen LogP contribution in [0.1, 0.15) is 59.8 Å². The second kappa shape index (κ2) is 10.1. The molecule has 16 heavy (non-hydrogen) atoms. The van der Waals surface area contributed by atoms with Crippen molar-refractivity contribution in [2.75, 3.05) is 6.54 Å². The van der Waals surface area contributed by atoms with Gasteiger partial charge in [-0.25, -0.2) is 0 Å². The van der Waals surface area contributed by atoms with Gasteiger partial charge in [0.2, 0.25) is 0 Å². The molecule has 0 aliphatic heterocycles. The number of hydrogen-bond acceptors (Lipinski definition) is 3. The zero-order valence-electron chi connectivity index (χ0n) is 11.3. The highest BCUT2D eigenvalue weighted by molar-refractivity contribution is 4.68. The maximum atomic E-state index is 9.09. The fraction of sp³-hybridized carbons (Fsp3) is 1.00. The third kappa shape index (κ3) is 9.13. The van der Waals surface area contributed by atoms with Crippen molar-refractivity contribution in [2.45, 2.75) is 78.2 Å². The Morgan fingerprint density at radius 3 is 2.25 bits per heavy atom. The fourth-order valence-corrected chi connectivity index (χ4v) is 1.65. The van der Waals surface area contributed by atoms with Gasteiger partial charge in [-0.05, 0) is 33.7 Å². The van der Waals surface area contributed by atoms with Crippen LogP contribution in [-0.4, -0.2) is 30.1 Å². The van der Waals surface area contributed by atoms with Crippen LogP contribution in [0.25, 0.3) is 0 Å². The van der Waals surface area contributed by atoms with Crippen molar-refractivity contribution < 1.29 is 9.84 Å². The zero-order valence-corrected chi connectivity index (χ0v) is 11.3. The lowest BCUT2D eigenvalue weighted by molar-refractivity contribution is -0.125. The van der Waals surface area contributed by atoms with Gasteiger partial charge in [0.05, 0.1) is 6.10 Å². The number of nitrogens with one attached hydrogen (secondary N) is 1. The Morgan fingerprint density at radius 2 is 1.69 bits per heavy atom. The Morgan fingerprint density at radius 1 is 1.06 bits per heavy atom. The smallest absolute Gasteiger partial charge is 0.152 e. The van der Waals surface area contributed by atoms with E-state index in [2.05, 4.69) is 19.2 Å². The quantitative estimate of drug-likeness (QED) is 0.449. The summed E-state index contributed by atoms with van der Waals surface area (Å²) in [5.41, 5.74) is 0. The number of aliphatic hydroxyl groups is 1. The Hall–Kier alpha value is -0.120. The van der Waals surface area contributed by atoms with E-state index in [-0.39, 0.29) is 6.10 Å². The molecule has 0 bridgehead atoms. The van der Waals surface area contributed by atoms with Crippen LogP contribution < -0.4 is 5.32 Å². The van der Waals surface area contributed by atoms with E-state index in [4.69, 9.17) is 9.84 Å². The summed E-state index contributed by atoms with van der Waals surface area (Å²) >= 11 is 0. The molecule has 0 amide bonds. The van der Waals surface area contributed by atoms with E-state index in [1.165, 1.54) is 32.1 Å². The molecule has 0 fully saturated rings. The largest absolute Gasteiger partial charge is 0.368 e. The molecule has 0 aliphatic carbocycles. The minimum Gasteiger partial charge on any atom is -0.368 e. The summed E-state index contributed by atoms with van der Waals surface area (Å²) in [6.07, 6.45) is 5.89. The van der Waals surface area contributed by atoms with E-state index in [9.17, 15) is 0 Å². The lowest BCUT2D eigenvalue weighted by Crippen LogP contribution is -2.39. The Labute approximate surface area is 101 Å². The van der Waals surface area contributed by atoms with Crippen LogP contribution in [0.15, 0.2) is 0 Å². The van der Waals surface area contributed by atoms with Gasteiger partial charge < -0.3 is 15.2 Å². The summed E-state index contributed by atoms with van der Waals surface area (Å²) in [5, 5.41) is 12.5. The highest BCUT2D eigenvalue weighted by atomic mass is 16.6. The van der Waals surface area contributed by atoms with Crippen LogP contribution in [0.2, 0.25) is 0 Å². The van der Waals surface area contributed by atoms with Crippen LogP contribution in [-0.2, 0) is 4.74 Å². The van der Waals surface area contributed by atoms with Crippen molar-refractivity contribution in [3.63, 3.8) is 0 Å². The minimum atomic E-state index is -0.677. The summed E-state index contributed by atoms with van der Waals surface area (Å²) in [4.78, 5) is 0. The third-order valence-corrected chi connectivity index (χ3v) is 2.86. The molecular weight excluding hydrogens is 202 g/mol. The molecule has 0 radical (unpaired) electrons. The van der Waals surface area contributed by atoms with Crippen molar-refractivity contribution in [3.8, 4) is 0 Å². The van der Waals surface area contributed by atoms with Gasteiger partial charge >= 0.3 is 0 Å². The molecule has 0 aromatic heterocycles. The normalized spacial score (nSPS) is 17.1. The van der Waals surface area contributed by atoms with Gasteiger partial charge in [0.15, 0.2) is 6.29 Å².